The van der Waals surface area contributed by atoms with Crippen molar-refractivity contribution in [1.29, 1.82) is 0 Å². The molecule has 0 amide bonds. The van der Waals surface area contributed by atoms with Crippen LogP contribution in [0.5, 0.6) is 5.75 Å². The molecule has 1 aliphatic heterocycles. The van der Waals surface area contributed by atoms with Gasteiger partial charge in [-0.1, -0.05) is 41.4 Å². The Hall–Kier alpha value is -2.87. The molecule has 1 atom stereocenters. The zero-order valence-electron chi connectivity index (χ0n) is 18.9. The second-order valence-electron chi connectivity index (χ2n) is 8.46. The highest BCUT2D eigenvalue weighted by atomic mass is 35.5. The molecule has 1 fully saturated rings. The third-order valence-electron chi connectivity index (χ3n) is 6.10. The maximum atomic E-state index is 6.57. The van der Waals surface area contributed by atoms with Gasteiger partial charge in [0, 0.05) is 13.1 Å². The molecule has 0 spiro atoms. The van der Waals surface area contributed by atoms with Crippen molar-refractivity contribution in [3.05, 3.63) is 64.3 Å². The molecule has 0 radical (unpaired) electrons. The molecule has 3 heterocycles. The summed E-state index contributed by atoms with van der Waals surface area (Å²) in [6.45, 7) is 3.37. The van der Waals surface area contributed by atoms with Crippen LogP contribution in [0.1, 0.15) is 18.4 Å². The van der Waals surface area contributed by atoms with E-state index >= 15 is 0 Å². The highest BCUT2D eigenvalue weighted by Gasteiger charge is 2.23. The lowest BCUT2D eigenvalue weighted by atomic mass is 9.99. The van der Waals surface area contributed by atoms with Crippen molar-refractivity contribution in [1.82, 2.24) is 24.8 Å². The van der Waals surface area contributed by atoms with E-state index in [4.69, 9.17) is 37.9 Å². The van der Waals surface area contributed by atoms with Crippen LogP contribution in [-0.2, 0) is 13.1 Å². The number of piperidine rings is 1. The second kappa shape index (κ2) is 10.2. The molecule has 7 nitrogen and oxygen atoms in total. The smallest absolute Gasteiger partial charge is 0.225 e. The SMILES string of the molecule is COc1cccc(CNc2ncc3nc(-c4c(Cl)cccc4Cl)n(C[C@@H]4CCCNC4)c3n2)c1. The minimum atomic E-state index is 0.467. The highest BCUT2D eigenvalue weighted by Crippen LogP contribution is 2.36. The normalized spacial score (nSPS) is 16.0. The molecule has 0 aliphatic carbocycles. The van der Waals surface area contributed by atoms with E-state index in [1.807, 2.05) is 42.5 Å². The van der Waals surface area contributed by atoms with Gasteiger partial charge in [0.05, 0.1) is 28.9 Å². The first kappa shape index (κ1) is 22.9. The number of aromatic nitrogens is 4. The number of nitrogens with one attached hydrogen (secondary N) is 2. The van der Waals surface area contributed by atoms with Crippen LogP contribution < -0.4 is 15.4 Å². The first-order valence-corrected chi connectivity index (χ1v) is 12.1. The van der Waals surface area contributed by atoms with Crippen LogP contribution in [0.4, 0.5) is 5.95 Å². The van der Waals surface area contributed by atoms with Gasteiger partial charge >= 0.3 is 0 Å². The number of nitrogens with zero attached hydrogens (tertiary/aromatic N) is 4. The van der Waals surface area contributed by atoms with Crippen LogP contribution in [0.2, 0.25) is 10.0 Å². The summed E-state index contributed by atoms with van der Waals surface area (Å²) >= 11 is 13.1. The number of methoxy groups -OCH3 is 1. The lowest BCUT2D eigenvalue weighted by molar-refractivity contribution is 0.341. The van der Waals surface area contributed by atoms with Crippen molar-refractivity contribution >= 4 is 40.3 Å². The van der Waals surface area contributed by atoms with Gasteiger partial charge in [0.1, 0.15) is 17.1 Å². The molecule has 0 saturated carbocycles. The molecule has 0 unspecified atom stereocenters. The number of hydrogen-bond acceptors (Lipinski definition) is 6. The molecular weight excluding hydrogens is 471 g/mol. The van der Waals surface area contributed by atoms with Gasteiger partial charge < -0.3 is 19.9 Å². The summed E-state index contributed by atoms with van der Waals surface area (Å²) in [6, 6.07) is 13.4. The van der Waals surface area contributed by atoms with E-state index in [0.29, 0.717) is 34.0 Å². The molecule has 176 valence electrons. The molecule has 34 heavy (non-hydrogen) atoms. The maximum Gasteiger partial charge on any atom is 0.225 e. The maximum absolute atomic E-state index is 6.57. The Balaban J connectivity index is 1.52. The van der Waals surface area contributed by atoms with Crippen LogP contribution in [-0.4, -0.2) is 39.7 Å². The summed E-state index contributed by atoms with van der Waals surface area (Å²) in [5, 5.41) is 7.95. The number of ether oxygens (including phenoxy) is 1. The second-order valence-corrected chi connectivity index (χ2v) is 9.28. The van der Waals surface area contributed by atoms with Gasteiger partial charge in [-0.3, -0.25) is 0 Å². The Morgan fingerprint density at radius 2 is 1.97 bits per heavy atom. The van der Waals surface area contributed by atoms with Crippen molar-refractivity contribution in [3.8, 4) is 17.1 Å². The predicted octanol–water partition coefficient (Wildman–Crippen LogP) is 5.42. The van der Waals surface area contributed by atoms with Crippen molar-refractivity contribution in [2.75, 3.05) is 25.5 Å². The van der Waals surface area contributed by atoms with Crippen molar-refractivity contribution in [3.63, 3.8) is 0 Å². The summed E-state index contributed by atoms with van der Waals surface area (Å²) in [7, 11) is 1.66. The van der Waals surface area contributed by atoms with Crippen LogP contribution >= 0.6 is 23.2 Å². The zero-order valence-corrected chi connectivity index (χ0v) is 20.4. The van der Waals surface area contributed by atoms with Gasteiger partial charge in [-0.15, -0.1) is 0 Å². The Morgan fingerprint density at radius 1 is 1.15 bits per heavy atom. The molecule has 5 rings (SSSR count). The number of fused-ring (bicyclic) bond motifs is 1. The van der Waals surface area contributed by atoms with Gasteiger partial charge in [-0.2, -0.15) is 4.98 Å². The van der Waals surface area contributed by atoms with Crippen molar-refractivity contribution in [2.24, 2.45) is 5.92 Å². The fourth-order valence-electron chi connectivity index (χ4n) is 4.38. The zero-order chi connectivity index (χ0) is 23.5. The number of imidazole rings is 1. The lowest BCUT2D eigenvalue weighted by Crippen LogP contribution is -2.32. The Bertz CT molecular complexity index is 1280. The predicted molar refractivity (Wildman–Crippen MR) is 137 cm³/mol. The van der Waals surface area contributed by atoms with E-state index in [0.717, 1.165) is 60.8 Å². The first-order valence-electron chi connectivity index (χ1n) is 11.4. The number of anilines is 1. The number of benzene rings is 2. The topological polar surface area (TPSA) is 76.9 Å². The fourth-order valence-corrected chi connectivity index (χ4v) is 4.95. The van der Waals surface area contributed by atoms with Crippen molar-refractivity contribution < 1.29 is 4.74 Å². The van der Waals surface area contributed by atoms with E-state index < -0.39 is 0 Å². The third-order valence-corrected chi connectivity index (χ3v) is 6.73. The molecule has 1 aliphatic rings. The number of halogens is 2. The summed E-state index contributed by atoms with van der Waals surface area (Å²) in [5.74, 6) is 2.54. The standard InChI is InChI=1S/C25H26Cl2N6O/c1-34-18-7-2-5-16(11-18)13-29-25-30-14-21-23(32-25)33(15-17-6-4-10-28-12-17)24(31-21)22-19(26)8-3-9-20(22)27/h2-3,5,7-9,11,14,17,28H,4,6,10,12-13,15H2,1H3,(H,29,30,32)/t17-/m1/s1. The van der Waals surface area contributed by atoms with Crippen LogP contribution in [0.3, 0.4) is 0 Å². The fraction of sp³-hybridized carbons (Fsp3) is 0.320. The van der Waals surface area contributed by atoms with Crippen LogP contribution in [0, 0.1) is 5.92 Å². The summed E-state index contributed by atoms with van der Waals surface area (Å²) in [5.41, 5.74) is 3.27. The largest absolute Gasteiger partial charge is 0.497 e. The van der Waals surface area contributed by atoms with E-state index in [1.165, 1.54) is 0 Å². The molecule has 0 bridgehead atoms. The Kier molecular flexibility index (Phi) is 6.85. The molecule has 1 saturated heterocycles. The van der Waals surface area contributed by atoms with Crippen LogP contribution in [0.15, 0.2) is 48.7 Å². The first-order chi connectivity index (χ1) is 16.6. The minimum Gasteiger partial charge on any atom is -0.497 e. The van der Waals surface area contributed by atoms with E-state index in [1.54, 1.807) is 13.3 Å². The van der Waals surface area contributed by atoms with E-state index in [9.17, 15) is 0 Å². The Morgan fingerprint density at radius 3 is 2.74 bits per heavy atom. The number of rotatable bonds is 7. The molecular formula is C25H26Cl2N6O. The lowest BCUT2D eigenvalue weighted by Gasteiger charge is -2.24. The van der Waals surface area contributed by atoms with Crippen molar-refractivity contribution in [2.45, 2.75) is 25.9 Å². The van der Waals surface area contributed by atoms with E-state index in [2.05, 4.69) is 20.2 Å². The summed E-state index contributed by atoms with van der Waals surface area (Å²) in [4.78, 5) is 14.2. The molecule has 2 N–H and O–H groups in total. The summed E-state index contributed by atoms with van der Waals surface area (Å²) in [6.07, 6.45) is 4.05. The van der Waals surface area contributed by atoms with Gasteiger partial charge in [-0.25, -0.2) is 9.97 Å². The van der Waals surface area contributed by atoms with Gasteiger partial charge in [-0.05, 0) is 61.7 Å². The molecule has 2 aromatic carbocycles. The molecule has 9 heteroatoms. The van der Waals surface area contributed by atoms with Gasteiger partial charge in [0.25, 0.3) is 0 Å². The minimum absolute atomic E-state index is 0.467. The average molecular weight is 497 g/mol. The Labute approximate surface area is 208 Å². The van der Waals surface area contributed by atoms with E-state index in [-0.39, 0.29) is 0 Å². The van der Waals surface area contributed by atoms with Gasteiger partial charge in [0.15, 0.2) is 5.65 Å². The quantitative estimate of drug-likeness (QED) is 0.355. The highest BCUT2D eigenvalue weighted by molar-refractivity contribution is 6.39. The molecule has 2 aromatic heterocycles. The third kappa shape index (κ3) is 4.82. The molecule has 4 aromatic rings. The average Bonchev–Trinajstić information content (AvgIpc) is 3.20. The number of hydrogen-bond donors (Lipinski definition) is 2. The monoisotopic (exact) mass is 496 g/mol. The van der Waals surface area contributed by atoms with Gasteiger partial charge in [0.2, 0.25) is 5.95 Å². The summed E-state index contributed by atoms with van der Waals surface area (Å²) < 4.78 is 7.46. The van der Waals surface area contributed by atoms with Crippen LogP contribution in [0.25, 0.3) is 22.6 Å².